The van der Waals surface area contributed by atoms with E-state index in [1.54, 1.807) is 6.08 Å². The van der Waals surface area contributed by atoms with Crippen LogP contribution < -0.4 is 0 Å². The third-order valence-corrected chi connectivity index (χ3v) is 2.25. The Morgan fingerprint density at radius 1 is 1.50 bits per heavy atom. The van der Waals surface area contributed by atoms with Crippen LogP contribution in [0.15, 0.2) is 28.7 Å². The van der Waals surface area contributed by atoms with Crippen LogP contribution in [0, 0.1) is 6.92 Å². The SMILES string of the molecule is Cc1ccc(C=CCO)c(Br)c1. The molecule has 12 heavy (non-hydrogen) atoms. The summed E-state index contributed by atoms with van der Waals surface area (Å²) in [6, 6.07) is 6.12. The van der Waals surface area contributed by atoms with Gasteiger partial charge in [0.15, 0.2) is 0 Å². The lowest BCUT2D eigenvalue weighted by Gasteiger charge is -1.99. The molecule has 0 fully saturated rings. The van der Waals surface area contributed by atoms with Gasteiger partial charge < -0.3 is 5.11 Å². The van der Waals surface area contributed by atoms with Crippen LogP contribution in [0.25, 0.3) is 6.08 Å². The summed E-state index contributed by atoms with van der Waals surface area (Å²) in [5.41, 5.74) is 2.32. The number of halogens is 1. The van der Waals surface area contributed by atoms with Crippen LogP contribution in [0.2, 0.25) is 0 Å². The summed E-state index contributed by atoms with van der Waals surface area (Å²) in [5, 5.41) is 8.57. The zero-order valence-electron chi connectivity index (χ0n) is 6.92. The molecule has 0 atom stereocenters. The van der Waals surface area contributed by atoms with Gasteiger partial charge in [0, 0.05) is 4.47 Å². The summed E-state index contributed by atoms with van der Waals surface area (Å²) in [6.45, 7) is 2.13. The van der Waals surface area contributed by atoms with E-state index < -0.39 is 0 Å². The van der Waals surface area contributed by atoms with Crippen molar-refractivity contribution >= 4 is 22.0 Å². The number of hydrogen-bond acceptors (Lipinski definition) is 1. The largest absolute Gasteiger partial charge is 0.392 e. The number of aliphatic hydroxyl groups excluding tert-OH is 1. The highest BCUT2D eigenvalue weighted by Crippen LogP contribution is 2.19. The first-order valence-electron chi connectivity index (χ1n) is 3.77. The highest BCUT2D eigenvalue weighted by atomic mass is 79.9. The van der Waals surface area contributed by atoms with Crippen LogP contribution >= 0.6 is 15.9 Å². The van der Waals surface area contributed by atoms with Gasteiger partial charge in [-0.3, -0.25) is 0 Å². The van der Waals surface area contributed by atoms with Gasteiger partial charge in [0.2, 0.25) is 0 Å². The molecule has 0 saturated carbocycles. The molecule has 0 aliphatic carbocycles. The van der Waals surface area contributed by atoms with Crippen LogP contribution in [0.3, 0.4) is 0 Å². The lowest BCUT2D eigenvalue weighted by molar-refractivity contribution is 0.343. The fourth-order valence-corrected chi connectivity index (χ4v) is 1.57. The van der Waals surface area contributed by atoms with Gasteiger partial charge in [0.1, 0.15) is 0 Å². The van der Waals surface area contributed by atoms with E-state index in [2.05, 4.69) is 22.0 Å². The van der Waals surface area contributed by atoms with Crippen LogP contribution in [0.5, 0.6) is 0 Å². The van der Waals surface area contributed by atoms with Crippen molar-refractivity contribution in [3.63, 3.8) is 0 Å². The second-order valence-corrected chi connectivity index (χ2v) is 3.46. The topological polar surface area (TPSA) is 20.2 Å². The Morgan fingerprint density at radius 3 is 2.83 bits per heavy atom. The van der Waals surface area contributed by atoms with Gasteiger partial charge in [0.25, 0.3) is 0 Å². The van der Waals surface area contributed by atoms with Crippen molar-refractivity contribution in [2.75, 3.05) is 6.61 Å². The molecule has 0 spiro atoms. The predicted octanol–water partition coefficient (Wildman–Crippen LogP) is 2.76. The number of benzene rings is 1. The molecule has 0 aromatic heterocycles. The van der Waals surface area contributed by atoms with E-state index in [-0.39, 0.29) is 6.61 Å². The van der Waals surface area contributed by atoms with Crippen molar-refractivity contribution in [1.29, 1.82) is 0 Å². The maximum atomic E-state index is 8.57. The van der Waals surface area contributed by atoms with Gasteiger partial charge in [-0.15, -0.1) is 0 Å². The van der Waals surface area contributed by atoms with Crippen molar-refractivity contribution in [3.8, 4) is 0 Å². The lowest BCUT2D eigenvalue weighted by atomic mass is 10.1. The minimum atomic E-state index is 0.0836. The molecule has 0 aliphatic rings. The summed E-state index contributed by atoms with van der Waals surface area (Å²) in [7, 11) is 0. The Balaban J connectivity index is 2.94. The van der Waals surface area contributed by atoms with Crippen molar-refractivity contribution in [3.05, 3.63) is 39.9 Å². The smallest absolute Gasteiger partial charge is 0.0615 e. The van der Waals surface area contributed by atoms with Gasteiger partial charge in [-0.25, -0.2) is 0 Å². The fraction of sp³-hybridized carbons (Fsp3) is 0.200. The van der Waals surface area contributed by atoms with Crippen molar-refractivity contribution in [2.24, 2.45) is 0 Å². The normalized spacial score (nSPS) is 10.9. The molecular formula is C10H11BrO. The van der Waals surface area contributed by atoms with E-state index in [0.29, 0.717) is 0 Å². The Bertz CT molecular complexity index is 292. The Kier molecular flexibility index (Phi) is 3.50. The molecule has 64 valence electrons. The summed E-state index contributed by atoms with van der Waals surface area (Å²) in [6.07, 6.45) is 3.61. The molecule has 0 bridgehead atoms. The first kappa shape index (κ1) is 9.49. The molecule has 0 unspecified atom stereocenters. The molecule has 0 amide bonds. The molecular weight excluding hydrogens is 216 g/mol. The standard InChI is InChI=1S/C10H11BrO/c1-8-4-5-9(3-2-6-12)10(11)7-8/h2-5,7,12H,6H2,1H3. The summed E-state index contributed by atoms with van der Waals surface area (Å²) in [4.78, 5) is 0. The highest BCUT2D eigenvalue weighted by Gasteiger charge is 1.94. The maximum Gasteiger partial charge on any atom is 0.0615 e. The van der Waals surface area contributed by atoms with E-state index in [1.807, 2.05) is 25.1 Å². The van der Waals surface area contributed by atoms with Crippen LogP contribution in [0.1, 0.15) is 11.1 Å². The Hall–Kier alpha value is -0.600. The van der Waals surface area contributed by atoms with E-state index in [9.17, 15) is 0 Å². The van der Waals surface area contributed by atoms with Crippen molar-refractivity contribution in [1.82, 2.24) is 0 Å². The summed E-state index contributed by atoms with van der Waals surface area (Å²) >= 11 is 3.44. The fourth-order valence-electron chi connectivity index (χ4n) is 0.947. The van der Waals surface area contributed by atoms with E-state index in [4.69, 9.17) is 5.11 Å². The minimum absolute atomic E-state index is 0.0836. The second-order valence-electron chi connectivity index (χ2n) is 2.61. The van der Waals surface area contributed by atoms with Gasteiger partial charge in [-0.2, -0.15) is 0 Å². The van der Waals surface area contributed by atoms with E-state index in [0.717, 1.165) is 10.0 Å². The molecule has 2 heteroatoms. The van der Waals surface area contributed by atoms with Gasteiger partial charge in [-0.1, -0.05) is 40.2 Å². The molecule has 1 N–H and O–H groups in total. The molecule has 1 aromatic rings. The molecule has 0 aliphatic heterocycles. The molecule has 0 radical (unpaired) electrons. The Morgan fingerprint density at radius 2 is 2.25 bits per heavy atom. The monoisotopic (exact) mass is 226 g/mol. The first-order chi connectivity index (χ1) is 5.74. The average molecular weight is 227 g/mol. The molecule has 0 saturated heterocycles. The third-order valence-electron chi connectivity index (χ3n) is 1.56. The van der Waals surface area contributed by atoms with Crippen molar-refractivity contribution < 1.29 is 5.11 Å². The number of aliphatic hydroxyl groups is 1. The quantitative estimate of drug-likeness (QED) is 0.823. The number of rotatable bonds is 2. The summed E-state index contributed by atoms with van der Waals surface area (Å²) in [5.74, 6) is 0. The van der Waals surface area contributed by atoms with Gasteiger partial charge in [0.05, 0.1) is 6.61 Å². The molecule has 1 aromatic carbocycles. The van der Waals surface area contributed by atoms with Gasteiger partial charge in [-0.05, 0) is 24.1 Å². The molecule has 1 rings (SSSR count). The highest BCUT2D eigenvalue weighted by molar-refractivity contribution is 9.10. The molecule has 0 heterocycles. The first-order valence-corrected chi connectivity index (χ1v) is 4.57. The second kappa shape index (κ2) is 4.43. The predicted molar refractivity (Wildman–Crippen MR) is 55.0 cm³/mol. The third kappa shape index (κ3) is 2.47. The van der Waals surface area contributed by atoms with E-state index in [1.165, 1.54) is 5.56 Å². The molecule has 1 nitrogen and oxygen atoms in total. The summed E-state index contributed by atoms with van der Waals surface area (Å²) < 4.78 is 1.06. The zero-order chi connectivity index (χ0) is 8.97. The van der Waals surface area contributed by atoms with Crippen molar-refractivity contribution in [2.45, 2.75) is 6.92 Å². The van der Waals surface area contributed by atoms with Crippen LogP contribution in [-0.4, -0.2) is 11.7 Å². The average Bonchev–Trinajstić information content (AvgIpc) is 2.03. The van der Waals surface area contributed by atoms with Crippen LogP contribution in [0.4, 0.5) is 0 Å². The minimum Gasteiger partial charge on any atom is -0.392 e. The lowest BCUT2D eigenvalue weighted by Crippen LogP contribution is -1.79. The Labute approximate surface area is 80.9 Å². The maximum absolute atomic E-state index is 8.57. The number of hydrogen-bond donors (Lipinski definition) is 1. The number of aryl methyl sites for hydroxylation is 1. The zero-order valence-corrected chi connectivity index (χ0v) is 8.51. The van der Waals surface area contributed by atoms with E-state index >= 15 is 0 Å². The van der Waals surface area contributed by atoms with Gasteiger partial charge >= 0.3 is 0 Å². The van der Waals surface area contributed by atoms with Crippen LogP contribution in [-0.2, 0) is 0 Å².